The number of carbonyl (C=O) groups excluding carboxylic acids is 1. The number of phenols is 1. The summed E-state index contributed by atoms with van der Waals surface area (Å²) in [6.07, 6.45) is 0.0699. The number of halogens is 4. The van der Waals surface area contributed by atoms with E-state index >= 15 is 0 Å². The molecule has 2 aromatic rings. The van der Waals surface area contributed by atoms with Crippen molar-refractivity contribution in [1.82, 2.24) is 0 Å². The van der Waals surface area contributed by atoms with Crippen LogP contribution >= 0.6 is 46.4 Å². The Labute approximate surface area is 141 Å². The van der Waals surface area contributed by atoms with E-state index in [1.807, 2.05) is 0 Å². The zero-order valence-corrected chi connectivity index (χ0v) is 13.5. The molecule has 0 saturated heterocycles. The lowest BCUT2D eigenvalue weighted by Gasteiger charge is -2.12. The topological polar surface area (TPSA) is 49.3 Å². The lowest BCUT2D eigenvalue weighted by molar-refractivity contribution is -0.115. The van der Waals surface area contributed by atoms with Gasteiger partial charge < -0.3 is 10.4 Å². The first kappa shape index (κ1) is 16.2. The van der Waals surface area contributed by atoms with Gasteiger partial charge in [0.15, 0.2) is 5.75 Å². The first-order valence-corrected chi connectivity index (χ1v) is 7.30. The molecule has 0 aliphatic carbocycles. The molecule has 0 radical (unpaired) electrons. The molecule has 7 heteroatoms. The van der Waals surface area contributed by atoms with Crippen LogP contribution in [-0.2, 0) is 11.2 Å². The molecule has 110 valence electrons. The minimum absolute atomic E-state index is 0.00227. The average Bonchev–Trinajstić information content (AvgIpc) is 2.41. The maximum Gasteiger partial charge on any atom is 0.228 e. The summed E-state index contributed by atoms with van der Waals surface area (Å²) < 4.78 is 0. The molecule has 0 aliphatic rings. The maximum absolute atomic E-state index is 12.0. The van der Waals surface area contributed by atoms with Gasteiger partial charge in [-0.15, -0.1) is 0 Å². The van der Waals surface area contributed by atoms with Gasteiger partial charge >= 0.3 is 0 Å². The van der Waals surface area contributed by atoms with Gasteiger partial charge in [0, 0.05) is 5.02 Å². The van der Waals surface area contributed by atoms with Crippen LogP contribution in [0.25, 0.3) is 0 Å². The number of hydrogen-bond donors (Lipinski definition) is 2. The Morgan fingerprint density at radius 3 is 2.48 bits per heavy atom. The van der Waals surface area contributed by atoms with Crippen molar-refractivity contribution in [2.45, 2.75) is 6.42 Å². The van der Waals surface area contributed by atoms with Gasteiger partial charge in [0.05, 0.1) is 21.5 Å². The van der Waals surface area contributed by atoms with E-state index in [1.54, 1.807) is 24.3 Å². The van der Waals surface area contributed by atoms with Gasteiger partial charge in [-0.05, 0) is 23.8 Å². The van der Waals surface area contributed by atoms with Crippen LogP contribution in [0.1, 0.15) is 5.56 Å². The SMILES string of the molecule is O=C(Cc1cccc(Cl)c1)Nc1c(O)c(Cl)cc(Cl)c1Cl. The van der Waals surface area contributed by atoms with Crippen molar-refractivity contribution in [2.24, 2.45) is 0 Å². The molecule has 0 unspecified atom stereocenters. The van der Waals surface area contributed by atoms with E-state index in [2.05, 4.69) is 5.32 Å². The standard InChI is InChI=1S/C14H9Cl4NO2/c15-8-3-1-2-7(4-8)5-11(20)19-13-12(18)9(16)6-10(17)14(13)21/h1-4,6,21H,5H2,(H,19,20). The van der Waals surface area contributed by atoms with Crippen LogP contribution in [0.15, 0.2) is 30.3 Å². The highest BCUT2D eigenvalue weighted by Crippen LogP contribution is 2.42. The Kier molecular flexibility index (Phi) is 5.22. The van der Waals surface area contributed by atoms with Crippen molar-refractivity contribution >= 4 is 58.0 Å². The Bertz CT molecular complexity index is 677. The van der Waals surface area contributed by atoms with Crippen LogP contribution in [-0.4, -0.2) is 11.0 Å². The molecule has 21 heavy (non-hydrogen) atoms. The molecule has 2 N–H and O–H groups in total. The van der Waals surface area contributed by atoms with Gasteiger partial charge in [-0.25, -0.2) is 0 Å². The molecule has 0 heterocycles. The first-order valence-electron chi connectivity index (χ1n) is 5.79. The fraction of sp³-hybridized carbons (Fsp3) is 0.0714. The molecule has 0 aromatic heterocycles. The van der Waals surface area contributed by atoms with Crippen molar-refractivity contribution in [1.29, 1.82) is 0 Å². The molecule has 2 aromatic carbocycles. The summed E-state index contributed by atoms with van der Waals surface area (Å²) in [5.41, 5.74) is 0.713. The lowest BCUT2D eigenvalue weighted by atomic mass is 10.1. The molecule has 2 rings (SSSR count). The van der Waals surface area contributed by atoms with Gasteiger partial charge in [0.2, 0.25) is 5.91 Å². The number of carbonyl (C=O) groups is 1. The highest BCUT2D eigenvalue weighted by molar-refractivity contribution is 6.46. The van der Waals surface area contributed by atoms with E-state index in [0.29, 0.717) is 5.02 Å². The first-order chi connectivity index (χ1) is 9.88. The Hall–Kier alpha value is -1.13. The molecule has 0 aliphatic heterocycles. The second-order valence-electron chi connectivity index (χ2n) is 4.23. The van der Waals surface area contributed by atoms with E-state index in [1.165, 1.54) is 6.07 Å². The third-order valence-electron chi connectivity index (χ3n) is 2.66. The van der Waals surface area contributed by atoms with E-state index in [4.69, 9.17) is 46.4 Å². The van der Waals surface area contributed by atoms with Gasteiger partial charge in [0.1, 0.15) is 5.69 Å². The van der Waals surface area contributed by atoms with Crippen molar-refractivity contribution < 1.29 is 9.90 Å². The number of anilines is 1. The van der Waals surface area contributed by atoms with Gasteiger partial charge in [0.25, 0.3) is 0 Å². The van der Waals surface area contributed by atoms with Crippen LogP contribution in [0.2, 0.25) is 20.1 Å². The van der Waals surface area contributed by atoms with Crippen LogP contribution in [0.5, 0.6) is 5.75 Å². The van der Waals surface area contributed by atoms with Crippen LogP contribution < -0.4 is 5.32 Å². The van der Waals surface area contributed by atoms with Crippen LogP contribution in [0.3, 0.4) is 0 Å². The Morgan fingerprint density at radius 1 is 1.10 bits per heavy atom. The maximum atomic E-state index is 12.0. The van der Waals surface area contributed by atoms with Crippen LogP contribution in [0.4, 0.5) is 5.69 Å². The minimum atomic E-state index is -0.382. The minimum Gasteiger partial charge on any atom is -0.504 e. The van der Waals surface area contributed by atoms with E-state index in [9.17, 15) is 9.90 Å². The number of rotatable bonds is 3. The largest absolute Gasteiger partial charge is 0.504 e. The van der Waals surface area contributed by atoms with Gasteiger partial charge in [-0.2, -0.15) is 0 Å². The third kappa shape index (κ3) is 3.95. The number of hydrogen-bond acceptors (Lipinski definition) is 2. The number of phenolic OH excluding ortho intramolecular Hbond substituents is 1. The monoisotopic (exact) mass is 363 g/mol. The molecule has 0 bridgehead atoms. The van der Waals surface area contributed by atoms with Gasteiger partial charge in [-0.1, -0.05) is 58.5 Å². The van der Waals surface area contributed by atoms with Crippen LogP contribution in [0, 0.1) is 0 Å². The van der Waals surface area contributed by atoms with Crippen molar-refractivity contribution in [3.63, 3.8) is 0 Å². The van der Waals surface area contributed by atoms with Crippen molar-refractivity contribution in [3.05, 3.63) is 56.0 Å². The number of nitrogens with one attached hydrogen (secondary N) is 1. The highest BCUT2D eigenvalue weighted by Gasteiger charge is 2.17. The molecular formula is C14H9Cl4NO2. The van der Waals surface area contributed by atoms with E-state index in [-0.39, 0.29) is 38.8 Å². The predicted octanol–water partition coefficient (Wildman–Crippen LogP) is 5.19. The lowest BCUT2D eigenvalue weighted by Crippen LogP contribution is -2.15. The second kappa shape index (κ2) is 6.75. The fourth-order valence-electron chi connectivity index (χ4n) is 1.72. The van der Waals surface area contributed by atoms with Gasteiger partial charge in [-0.3, -0.25) is 4.79 Å². The van der Waals surface area contributed by atoms with E-state index in [0.717, 1.165) is 5.56 Å². The summed E-state index contributed by atoms with van der Waals surface area (Å²) in [6, 6.07) is 8.19. The Morgan fingerprint density at radius 2 is 1.81 bits per heavy atom. The molecular weight excluding hydrogens is 356 g/mol. The summed E-state index contributed by atoms with van der Waals surface area (Å²) in [6.45, 7) is 0. The summed E-state index contributed by atoms with van der Waals surface area (Å²) in [5.74, 6) is -0.710. The number of amides is 1. The second-order valence-corrected chi connectivity index (χ2v) is 5.86. The van der Waals surface area contributed by atoms with E-state index < -0.39 is 0 Å². The average molecular weight is 365 g/mol. The number of benzene rings is 2. The molecule has 3 nitrogen and oxygen atoms in total. The fourth-order valence-corrected chi connectivity index (χ4v) is 2.58. The van der Waals surface area contributed by atoms with Crippen molar-refractivity contribution in [3.8, 4) is 5.75 Å². The zero-order chi connectivity index (χ0) is 15.6. The normalized spacial score (nSPS) is 10.5. The molecule has 0 atom stereocenters. The Balaban J connectivity index is 2.21. The molecule has 1 amide bonds. The molecule has 0 saturated carbocycles. The highest BCUT2D eigenvalue weighted by atomic mass is 35.5. The van der Waals surface area contributed by atoms with Crippen molar-refractivity contribution in [2.75, 3.05) is 5.32 Å². The molecule has 0 spiro atoms. The summed E-state index contributed by atoms with van der Waals surface area (Å²) in [5, 5.41) is 13.0. The quantitative estimate of drug-likeness (QED) is 0.581. The third-order valence-corrected chi connectivity index (χ3v) is 3.97. The summed E-state index contributed by atoms with van der Waals surface area (Å²) in [4.78, 5) is 12.0. The summed E-state index contributed by atoms with van der Waals surface area (Å²) in [7, 11) is 0. The molecule has 0 fully saturated rings. The predicted molar refractivity (Wildman–Crippen MR) is 86.9 cm³/mol. The number of aromatic hydroxyl groups is 1. The zero-order valence-electron chi connectivity index (χ0n) is 10.5. The summed E-state index contributed by atoms with van der Waals surface area (Å²) >= 11 is 23.5. The smallest absolute Gasteiger partial charge is 0.228 e.